The highest BCUT2D eigenvalue weighted by atomic mass is 28.4. The highest BCUT2D eigenvalue weighted by molar-refractivity contribution is 6.62. The van der Waals surface area contributed by atoms with E-state index in [1.807, 2.05) is 26.0 Å². The molecule has 0 bridgehead atoms. The molecule has 0 aromatic carbocycles. The zero-order chi connectivity index (χ0) is 11.7. The third-order valence-corrected chi connectivity index (χ3v) is 5.32. The van der Waals surface area contributed by atoms with E-state index >= 15 is 0 Å². The Kier molecular flexibility index (Phi) is 7.90. The lowest BCUT2D eigenvalue weighted by atomic mass is 10.5. The van der Waals surface area contributed by atoms with Gasteiger partial charge in [-0.05, 0) is 13.3 Å². The Morgan fingerprint density at radius 3 is 2.00 bits per heavy atom. The molecule has 0 spiro atoms. The minimum atomic E-state index is -2.65. The minimum absolute atomic E-state index is 0.117. The van der Waals surface area contributed by atoms with E-state index < -0.39 is 8.80 Å². The summed E-state index contributed by atoms with van der Waals surface area (Å²) in [5, 5.41) is 0. The first-order valence-corrected chi connectivity index (χ1v) is 6.89. The summed E-state index contributed by atoms with van der Waals surface area (Å²) in [7, 11) is 2.14. The van der Waals surface area contributed by atoms with Crippen molar-refractivity contribution in [2.45, 2.75) is 26.0 Å². The molecule has 1 unspecified atom stereocenters. The fourth-order valence-corrected chi connectivity index (χ4v) is 3.47. The van der Waals surface area contributed by atoms with Gasteiger partial charge in [0.25, 0.3) is 0 Å². The molecule has 0 saturated carbocycles. The lowest BCUT2D eigenvalue weighted by Crippen LogP contribution is -2.55. The Labute approximate surface area is 93.5 Å². The molecule has 4 nitrogen and oxygen atoms in total. The molecule has 90 valence electrons. The van der Waals surface area contributed by atoms with Crippen LogP contribution in [0.25, 0.3) is 0 Å². The molecular formula is C10H22O4Si. The van der Waals surface area contributed by atoms with Crippen LogP contribution in [0.15, 0.2) is 12.2 Å². The third kappa shape index (κ3) is 4.04. The van der Waals surface area contributed by atoms with Gasteiger partial charge in [-0.25, -0.2) is 0 Å². The largest absolute Gasteiger partial charge is 0.530 e. The maximum Gasteiger partial charge on any atom is 0.530 e. The molecule has 0 fully saturated rings. The summed E-state index contributed by atoms with van der Waals surface area (Å²) in [4.78, 5) is 0. The maximum atomic E-state index is 5.67. The summed E-state index contributed by atoms with van der Waals surface area (Å²) in [6.07, 6.45) is 4.70. The van der Waals surface area contributed by atoms with E-state index in [0.29, 0.717) is 6.61 Å². The fourth-order valence-electron chi connectivity index (χ4n) is 1.38. The van der Waals surface area contributed by atoms with E-state index in [2.05, 4.69) is 0 Å². The van der Waals surface area contributed by atoms with Crippen molar-refractivity contribution in [3.63, 3.8) is 0 Å². The summed E-state index contributed by atoms with van der Waals surface area (Å²) in [6, 6.07) is 0. The summed E-state index contributed by atoms with van der Waals surface area (Å²) >= 11 is 0. The average molecular weight is 234 g/mol. The molecule has 0 aliphatic carbocycles. The maximum absolute atomic E-state index is 5.67. The van der Waals surface area contributed by atoms with Gasteiger partial charge in [-0.1, -0.05) is 19.1 Å². The summed E-state index contributed by atoms with van der Waals surface area (Å²) in [6.45, 7) is 4.54. The summed E-state index contributed by atoms with van der Waals surface area (Å²) < 4.78 is 21.8. The van der Waals surface area contributed by atoms with Gasteiger partial charge in [-0.2, -0.15) is 0 Å². The lowest BCUT2D eigenvalue weighted by Gasteiger charge is -2.31. The number of allylic oxidation sites excluding steroid dienone is 1. The van der Waals surface area contributed by atoms with Crippen LogP contribution in [0.5, 0.6) is 0 Å². The van der Waals surface area contributed by atoms with Crippen molar-refractivity contribution in [3.8, 4) is 0 Å². The van der Waals surface area contributed by atoms with Gasteiger partial charge in [0.2, 0.25) is 0 Å². The van der Waals surface area contributed by atoms with Crippen LogP contribution in [0.1, 0.15) is 20.3 Å². The van der Waals surface area contributed by atoms with Crippen molar-refractivity contribution in [2.24, 2.45) is 0 Å². The third-order valence-electron chi connectivity index (χ3n) is 2.25. The first-order chi connectivity index (χ1) is 7.20. The van der Waals surface area contributed by atoms with E-state index in [1.165, 1.54) is 0 Å². The second-order valence-electron chi connectivity index (χ2n) is 3.02. The van der Waals surface area contributed by atoms with E-state index in [4.69, 9.17) is 18.0 Å². The second kappa shape index (κ2) is 8.01. The highest BCUT2D eigenvalue weighted by Crippen LogP contribution is 2.17. The average Bonchev–Trinajstić information content (AvgIpc) is 2.29. The molecule has 0 aliphatic rings. The predicted octanol–water partition coefficient (Wildman–Crippen LogP) is 1.77. The van der Waals surface area contributed by atoms with Crippen molar-refractivity contribution in [3.05, 3.63) is 12.2 Å². The molecule has 5 heteroatoms. The van der Waals surface area contributed by atoms with Crippen LogP contribution >= 0.6 is 0 Å². The van der Waals surface area contributed by atoms with Crippen LogP contribution in [-0.4, -0.2) is 42.5 Å². The molecular weight excluding hydrogens is 212 g/mol. The zero-order valence-electron chi connectivity index (χ0n) is 10.3. The second-order valence-corrected chi connectivity index (χ2v) is 6.09. The van der Waals surface area contributed by atoms with E-state index in [1.54, 1.807) is 21.3 Å². The van der Waals surface area contributed by atoms with Crippen molar-refractivity contribution < 1.29 is 18.0 Å². The molecule has 0 saturated heterocycles. The predicted molar refractivity (Wildman–Crippen MR) is 61.6 cm³/mol. The Bertz CT molecular complexity index is 172. The van der Waals surface area contributed by atoms with Gasteiger partial charge in [0.15, 0.2) is 0 Å². The van der Waals surface area contributed by atoms with Crippen molar-refractivity contribution in [1.82, 2.24) is 0 Å². The lowest BCUT2D eigenvalue weighted by molar-refractivity contribution is 0.0219. The van der Waals surface area contributed by atoms with Crippen LogP contribution in [0.4, 0.5) is 0 Å². The molecule has 0 aliphatic heterocycles. The van der Waals surface area contributed by atoms with Crippen LogP contribution in [0.2, 0.25) is 0 Å². The molecule has 0 N–H and O–H groups in total. The van der Waals surface area contributed by atoms with E-state index in [9.17, 15) is 0 Å². The summed E-state index contributed by atoms with van der Waals surface area (Å²) in [5.74, 6) is 0. The first-order valence-electron chi connectivity index (χ1n) is 5.08. The normalized spacial score (nSPS) is 14.7. The number of ether oxygens (including phenoxy) is 1. The van der Waals surface area contributed by atoms with E-state index in [0.717, 1.165) is 6.42 Å². The Morgan fingerprint density at radius 1 is 1.13 bits per heavy atom. The molecule has 0 aromatic heterocycles. The highest BCUT2D eigenvalue weighted by Gasteiger charge is 2.47. The quantitative estimate of drug-likeness (QED) is 0.474. The molecule has 0 amide bonds. The molecule has 0 radical (unpaired) electrons. The SMILES string of the molecule is C/C=C/COC(CC)[Si](OC)(OC)OC. The van der Waals surface area contributed by atoms with Gasteiger partial charge in [0.05, 0.1) is 6.61 Å². The smallest absolute Gasteiger partial charge is 0.375 e. The minimum Gasteiger partial charge on any atom is -0.375 e. The Balaban J connectivity index is 4.44. The Hall–Kier alpha value is -0.203. The van der Waals surface area contributed by atoms with E-state index in [-0.39, 0.29) is 5.73 Å². The number of hydrogen-bond donors (Lipinski definition) is 0. The fraction of sp³-hybridized carbons (Fsp3) is 0.800. The molecule has 0 rings (SSSR count). The molecule has 15 heavy (non-hydrogen) atoms. The molecule has 1 atom stereocenters. The van der Waals surface area contributed by atoms with Crippen LogP contribution < -0.4 is 0 Å². The number of rotatable bonds is 8. The van der Waals surface area contributed by atoms with Gasteiger partial charge in [0, 0.05) is 21.3 Å². The first kappa shape index (κ1) is 14.8. The van der Waals surface area contributed by atoms with Crippen LogP contribution in [0.3, 0.4) is 0 Å². The monoisotopic (exact) mass is 234 g/mol. The number of hydrogen-bond acceptors (Lipinski definition) is 4. The van der Waals surface area contributed by atoms with Gasteiger partial charge in [0.1, 0.15) is 5.73 Å². The van der Waals surface area contributed by atoms with Gasteiger partial charge in [-0.3, -0.25) is 0 Å². The van der Waals surface area contributed by atoms with Crippen molar-refractivity contribution >= 4 is 8.80 Å². The summed E-state index contributed by atoms with van der Waals surface area (Å²) in [5.41, 5.74) is -0.117. The Morgan fingerprint density at radius 2 is 1.67 bits per heavy atom. The topological polar surface area (TPSA) is 36.9 Å². The van der Waals surface area contributed by atoms with Gasteiger partial charge >= 0.3 is 8.80 Å². The molecule has 0 heterocycles. The van der Waals surface area contributed by atoms with Crippen LogP contribution in [0, 0.1) is 0 Å². The van der Waals surface area contributed by atoms with Gasteiger partial charge < -0.3 is 18.0 Å². The zero-order valence-corrected chi connectivity index (χ0v) is 11.3. The van der Waals surface area contributed by atoms with Crippen molar-refractivity contribution in [1.29, 1.82) is 0 Å². The molecule has 0 aromatic rings. The van der Waals surface area contributed by atoms with Crippen LogP contribution in [-0.2, 0) is 18.0 Å². The van der Waals surface area contributed by atoms with Gasteiger partial charge in [-0.15, -0.1) is 0 Å². The standard InChI is InChI=1S/C10H22O4Si/c1-6-8-9-14-10(7-2)15(11-3,12-4)13-5/h6,8,10H,7,9H2,1-5H3/b8-6+. The van der Waals surface area contributed by atoms with Crippen molar-refractivity contribution in [2.75, 3.05) is 27.9 Å².